The van der Waals surface area contributed by atoms with Crippen LogP contribution in [0, 0.1) is 6.92 Å². The van der Waals surface area contributed by atoms with Gasteiger partial charge < -0.3 is 14.5 Å². The van der Waals surface area contributed by atoms with Crippen LogP contribution in [0.2, 0.25) is 5.02 Å². The smallest absolute Gasteiger partial charge is 0.336 e. The molecule has 0 saturated carbocycles. The Kier molecular flexibility index (Phi) is 4.81. The minimum atomic E-state index is -0.351. The highest BCUT2D eigenvalue weighted by Gasteiger charge is 2.09. The van der Waals surface area contributed by atoms with Crippen molar-refractivity contribution in [2.75, 3.05) is 13.7 Å². The van der Waals surface area contributed by atoms with Gasteiger partial charge in [0.1, 0.15) is 5.58 Å². The van der Waals surface area contributed by atoms with Crippen LogP contribution in [0.5, 0.6) is 0 Å². The standard InChI is InChI=1S/C15H18ClNO3/c1-9-4-14-12(6-13(9)16)11(5-15(18)20-14)7-17-10(2)8-19-3/h4-6,10,17H,7-8H2,1-3H3/t10-/m0/s1. The summed E-state index contributed by atoms with van der Waals surface area (Å²) in [6, 6.07) is 5.33. The average molecular weight is 296 g/mol. The summed E-state index contributed by atoms with van der Waals surface area (Å²) in [7, 11) is 1.66. The van der Waals surface area contributed by atoms with Crippen LogP contribution in [-0.2, 0) is 11.3 Å². The second-order valence-electron chi connectivity index (χ2n) is 4.93. The van der Waals surface area contributed by atoms with Crippen molar-refractivity contribution in [1.82, 2.24) is 5.32 Å². The van der Waals surface area contributed by atoms with Crippen molar-refractivity contribution in [3.8, 4) is 0 Å². The molecule has 0 aliphatic heterocycles. The lowest BCUT2D eigenvalue weighted by Gasteiger charge is -2.13. The SMILES string of the molecule is COC[C@H](C)NCc1cc(=O)oc2cc(C)c(Cl)cc12. The maximum absolute atomic E-state index is 11.6. The summed E-state index contributed by atoms with van der Waals surface area (Å²) in [4.78, 5) is 11.6. The highest BCUT2D eigenvalue weighted by atomic mass is 35.5. The predicted octanol–water partition coefficient (Wildman–Crippen LogP) is 2.88. The largest absolute Gasteiger partial charge is 0.423 e. The first-order valence-electron chi connectivity index (χ1n) is 6.46. The lowest BCUT2D eigenvalue weighted by molar-refractivity contribution is 0.171. The number of hydrogen-bond acceptors (Lipinski definition) is 4. The Labute approximate surface area is 122 Å². The van der Waals surface area contributed by atoms with Crippen LogP contribution in [0.3, 0.4) is 0 Å². The number of hydrogen-bond donors (Lipinski definition) is 1. The minimum Gasteiger partial charge on any atom is -0.423 e. The molecular weight excluding hydrogens is 278 g/mol. The van der Waals surface area contributed by atoms with Crippen LogP contribution in [-0.4, -0.2) is 19.8 Å². The molecule has 0 unspecified atom stereocenters. The van der Waals surface area contributed by atoms with Crippen LogP contribution in [0.1, 0.15) is 18.1 Å². The van der Waals surface area contributed by atoms with Crippen LogP contribution in [0.15, 0.2) is 27.4 Å². The predicted molar refractivity (Wildman–Crippen MR) is 80.4 cm³/mol. The van der Waals surface area contributed by atoms with Gasteiger partial charge in [-0.3, -0.25) is 0 Å². The maximum atomic E-state index is 11.6. The number of rotatable bonds is 5. The Morgan fingerprint density at radius 3 is 2.85 bits per heavy atom. The first-order valence-corrected chi connectivity index (χ1v) is 6.84. The first kappa shape index (κ1) is 15.0. The van der Waals surface area contributed by atoms with Crippen LogP contribution >= 0.6 is 11.6 Å². The van der Waals surface area contributed by atoms with Crippen LogP contribution < -0.4 is 10.9 Å². The zero-order valence-electron chi connectivity index (χ0n) is 11.8. The number of nitrogens with one attached hydrogen (secondary N) is 1. The topological polar surface area (TPSA) is 51.5 Å². The van der Waals surface area contributed by atoms with E-state index in [1.165, 1.54) is 6.07 Å². The number of halogens is 1. The van der Waals surface area contributed by atoms with Crippen molar-refractivity contribution >= 4 is 22.6 Å². The van der Waals surface area contributed by atoms with E-state index in [0.29, 0.717) is 23.8 Å². The van der Waals surface area contributed by atoms with E-state index in [1.807, 2.05) is 19.9 Å². The van der Waals surface area contributed by atoms with Gasteiger partial charge in [0.15, 0.2) is 0 Å². The molecule has 0 amide bonds. The summed E-state index contributed by atoms with van der Waals surface area (Å²) in [5.41, 5.74) is 1.98. The number of fused-ring (bicyclic) bond motifs is 1. The van der Waals surface area contributed by atoms with Crippen molar-refractivity contribution in [2.45, 2.75) is 26.4 Å². The molecule has 1 heterocycles. The van der Waals surface area contributed by atoms with Crippen LogP contribution in [0.4, 0.5) is 0 Å². The molecule has 0 fully saturated rings. The Morgan fingerprint density at radius 1 is 1.40 bits per heavy atom. The third-order valence-electron chi connectivity index (χ3n) is 3.17. The summed E-state index contributed by atoms with van der Waals surface area (Å²) >= 11 is 6.15. The second-order valence-corrected chi connectivity index (χ2v) is 5.33. The molecule has 108 valence electrons. The molecule has 1 aromatic heterocycles. The third-order valence-corrected chi connectivity index (χ3v) is 3.57. The molecule has 0 radical (unpaired) electrons. The van der Waals surface area contributed by atoms with Gasteiger partial charge in [0.2, 0.25) is 0 Å². The molecule has 1 atom stereocenters. The van der Waals surface area contributed by atoms with Gasteiger partial charge in [-0.1, -0.05) is 11.6 Å². The van der Waals surface area contributed by atoms with E-state index < -0.39 is 0 Å². The summed E-state index contributed by atoms with van der Waals surface area (Å²) in [6.45, 7) is 5.08. The van der Waals surface area contributed by atoms with Crippen molar-refractivity contribution in [3.63, 3.8) is 0 Å². The highest BCUT2D eigenvalue weighted by Crippen LogP contribution is 2.25. The monoisotopic (exact) mass is 295 g/mol. The Balaban J connectivity index is 2.37. The fourth-order valence-corrected chi connectivity index (χ4v) is 2.25. The van der Waals surface area contributed by atoms with E-state index in [-0.39, 0.29) is 11.7 Å². The molecule has 0 spiro atoms. The molecule has 1 N–H and O–H groups in total. The third kappa shape index (κ3) is 3.39. The molecule has 1 aromatic carbocycles. The molecule has 0 aliphatic carbocycles. The van der Waals surface area contributed by atoms with Gasteiger partial charge >= 0.3 is 5.63 Å². The van der Waals surface area contributed by atoms with E-state index in [9.17, 15) is 4.79 Å². The molecule has 0 bridgehead atoms. The maximum Gasteiger partial charge on any atom is 0.336 e. The molecular formula is C15H18ClNO3. The lowest BCUT2D eigenvalue weighted by Crippen LogP contribution is -2.29. The van der Waals surface area contributed by atoms with Gasteiger partial charge in [0.05, 0.1) is 6.61 Å². The Morgan fingerprint density at radius 2 is 2.15 bits per heavy atom. The molecule has 4 nitrogen and oxygen atoms in total. The molecule has 5 heteroatoms. The average Bonchev–Trinajstić information content (AvgIpc) is 2.38. The van der Waals surface area contributed by atoms with Gasteiger partial charge in [0.25, 0.3) is 0 Å². The molecule has 2 aromatic rings. The fraction of sp³-hybridized carbons (Fsp3) is 0.400. The second kappa shape index (κ2) is 6.39. The number of benzene rings is 1. The van der Waals surface area contributed by atoms with Gasteiger partial charge in [-0.2, -0.15) is 0 Å². The molecule has 0 saturated heterocycles. The van der Waals surface area contributed by atoms with Gasteiger partial charge in [-0.25, -0.2) is 4.79 Å². The lowest BCUT2D eigenvalue weighted by atomic mass is 10.1. The molecule has 2 rings (SSSR count). The number of ether oxygens (including phenoxy) is 1. The quantitative estimate of drug-likeness (QED) is 0.862. The summed E-state index contributed by atoms with van der Waals surface area (Å²) < 4.78 is 10.3. The Bertz CT molecular complexity index is 666. The fourth-order valence-electron chi connectivity index (χ4n) is 2.09. The van der Waals surface area contributed by atoms with E-state index >= 15 is 0 Å². The summed E-state index contributed by atoms with van der Waals surface area (Å²) in [6.07, 6.45) is 0. The summed E-state index contributed by atoms with van der Waals surface area (Å²) in [5.74, 6) is 0. The minimum absolute atomic E-state index is 0.197. The van der Waals surface area contributed by atoms with Gasteiger partial charge in [-0.05, 0) is 37.1 Å². The van der Waals surface area contributed by atoms with E-state index in [1.54, 1.807) is 13.2 Å². The van der Waals surface area contributed by atoms with Crippen molar-refractivity contribution < 1.29 is 9.15 Å². The van der Waals surface area contributed by atoms with Crippen molar-refractivity contribution in [2.24, 2.45) is 0 Å². The van der Waals surface area contributed by atoms with Crippen molar-refractivity contribution in [1.29, 1.82) is 0 Å². The highest BCUT2D eigenvalue weighted by molar-refractivity contribution is 6.32. The first-order chi connectivity index (χ1) is 9.51. The number of methoxy groups -OCH3 is 1. The Hall–Kier alpha value is -1.36. The zero-order chi connectivity index (χ0) is 14.7. The van der Waals surface area contributed by atoms with Crippen LogP contribution in [0.25, 0.3) is 11.0 Å². The van der Waals surface area contributed by atoms with Gasteiger partial charge in [-0.15, -0.1) is 0 Å². The normalized spacial score (nSPS) is 12.8. The molecule has 0 aliphatic rings. The molecule has 20 heavy (non-hydrogen) atoms. The number of aryl methyl sites for hydroxylation is 1. The van der Waals surface area contributed by atoms with E-state index in [2.05, 4.69) is 5.32 Å². The van der Waals surface area contributed by atoms with E-state index in [4.69, 9.17) is 20.8 Å². The zero-order valence-corrected chi connectivity index (χ0v) is 12.6. The summed E-state index contributed by atoms with van der Waals surface area (Å²) in [5, 5.41) is 4.83. The van der Waals surface area contributed by atoms with Crippen molar-refractivity contribution in [3.05, 3.63) is 44.8 Å². The van der Waals surface area contributed by atoms with E-state index in [0.717, 1.165) is 16.5 Å². The van der Waals surface area contributed by atoms with Gasteiger partial charge in [0, 0.05) is 36.2 Å².